The van der Waals surface area contributed by atoms with Crippen LogP contribution in [-0.4, -0.2) is 4.98 Å². The number of thiazole rings is 1. The number of para-hydroxylation sites is 2. The van der Waals surface area contributed by atoms with Crippen LogP contribution in [0.4, 0.5) is 17.1 Å². The number of hydrogen-bond acceptors (Lipinski definition) is 6. The van der Waals surface area contributed by atoms with Gasteiger partial charge in [0.05, 0.1) is 10.2 Å². The molecule has 0 atom stereocenters. The summed E-state index contributed by atoms with van der Waals surface area (Å²) in [6.07, 6.45) is 0. The Bertz CT molecular complexity index is 2960. The molecule has 11 aromatic rings. The van der Waals surface area contributed by atoms with Gasteiger partial charge in [-0.3, -0.25) is 0 Å². The fraction of sp³-hybridized carbons (Fsp3) is 0. The summed E-state index contributed by atoms with van der Waals surface area (Å²) in [6, 6.07) is 50.3. The van der Waals surface area contributed by atoms with E-state index in [1.54, 1.807) is 11.3 Å². The summed E-state index contributed by atoms with van der Waals surface area (Å²) in [7, 11) is 0. The van der Waals surface area contributed by atoms with E-state index in [0.717, 1.165) is 104 Å². The lowest BCUT2D eigenvalue weighted by Crippen LogP contribution is -2.09. The van der Waals surface area contributed by atoms with E-state index in [9.17, 15) is 0 Å². The number of nitrogens with zero attached hydrogens (tertiary/aromatic N) is 2. The average molecular weight is 649 g/mol. The smallest absolute Gasteiger partial charge is 0.137 e. The van der Waals surface area contributed by atoms with Gasteiger partial charge in [-0.25, -0.2) is 4.98 Å². The van der Waals surface area contributed by atoms with Gasteiger partial charge in [-0.15, -0.1) is 11.3 Å². The van der Waals surface area contributed by atoms with Gasteiger partial charge in [0.2, 0.25) is 0 Å². The minimum absolute atomic E-state index is 0.822. The lowest BCUT2D eigenvalue weighted by molar-refractivity contribution is 0.668. The highest BCUT2D eigenvalue weighted by Crippen LogP contribution is 2.43. The molecule has 49 heavy (non-hydrogen) atoms. The van der Waals surface area contributed by atoms with Gasteiger partial charge >= 0.3 is 0 Å². The quantitative estimate of drug-likeness (QED) is 0.190. The van der Waals surface area contributed by atoms with E-state index in [1.807, 2.05) is 42.5 Å². The summed E-state index contributed by atoms with van der Waals surface area (Å²) in [5.74, 6) is 0. The van der Waals surface area contributed by atoms with Crippen LogP contribution in [0.5, 0.6) is 0 Å². The van der Waals surface area contributed by atoms with Gasteiger partial charge in [0, 0.05) is 67.1 Å². The van der Waals surface area contributed by atoms with Crippen molar-refractivity contribution in [3.05, 3.63) is 146 Å². The zero-order valence-electron chi connectivity index (χ0n) is 25.9. The number of aromatic nitrogens is 1. The molecule has 7 aromatic carbocycles. The third-order valence-electron chi connectivity index (χ3n) is 9.48. The van der Waals surface area contributed by atoms with Crippen molar-refractivity contribution in [3.63, 3.8) is 0 Å². The van der Waals surface area contributed by atoms with Crippen LogP contribution in [0.2, 0.25) is 0 Å². The van der Waals surface area contributed by atoms with E-state index in [0.29, 0.717) is 0 Å². The summed E-state index contributed by atoms with van der Waals surface area (Å²) in [4.78, 5) is 7.26. The fourth-order valence-electron chi connectivity index (χ4n) is 7.18. The molecule has 230 valence electrons. The summed E-state index contributed by atoms with van der Waals surface area (Å²) in [5.41, 5.74) is 10.3. The van der Waals surface area contributed by atoms with Crippen molar-refractivity contribution >= 4 is 104 Å². The lowest BCUT2D eigenvalue weighted by Gasteiger charge is -2.25. The first kappa shape index (κ1) is 26.7. The highest BCUT2D eigenvalue weighted by Gasteiger charge is 2.20. The Morgan fingerprint density at radius 2 is 0.918 bits per heavy atom. The Balaban J connectivity index is 1.10. The van der Waals surface area contributed by atoms with Gasteiger partial charge in [-0.1, -0.05) is 66.7 Å². The molecular weight excluding hydrogens is 625 g/mol. The predicted octanol–water partition coefficient (Wildman–Crippen LogP) is 13.1. The number of rotatable bonds is 4. The van der Waals surface area contributed by atoms with E-state index >= 15 is 0 Å². The first-order chi connectivity index (χ1) is 24.2. The summed E-state index contributed by atoms with van der Waals surface area (Å²) in [6.45, 7) is 0. The van der Waals surface area contributed by atoms with Crippen molar-refractivity contribution in [1.82, 2.24) is 4.98 Å². The zero-order valence-corrected chi connectivity index (χ0v) is 26.7. The molecular formula is C43H24N2O3S. The van der Waals surface area contributed by atoms with Gasteiger partial charge in [0.1, 0.15) is 38.5 Å². The Hall–Kier alpha value is -6.37. The fourth-order valence-corrected chi connectivity index (χ4v) is 8.16. The van der Waals surface area contributed by atoms with E-state index in [4.69, 9.17) is 18.2 Å². The highest BCUT2D eigenvalue weighted by atomic mass is 32.1. The Kier molecular flexibility index (Phi) is 5.48. The van der Waals surface area contributed by atoms with Crippen LogP contribution in [0.3, 0.4) is 0 Å². The monoisotopic (exact) mass is 648 g/mol. The van der Waals surface area contributed by atoms with Crippen LogP contribution >= 0.6 is 11.3 Å². The Labute approximate surface area is 282 Å². The molecule has 0 aliphatic carbocycles. The van der Waals surface area contributed by atoms with E-state index in [1.165, 1.54) is 0 Å². The zero-order chi connectivity index (χ0) is 32.1. The number of fused-ring (bicyclic) bond motifs is 10. The summed E-state index contributed by atoms with van der Waals surface area (Å²) in [5, 5.41) is 7.45. The predicted molar refractivity (Wildman–Crippen MR) is 202 cm³/mol. The minimum Gasteiger partial charge on any atom is -0.456 e. The van der Waals surface area contributed by atoms with Gasteiger partial charge < -0.3 is 18.2 Å². The van der Waals surface area contributed by atoms with E-state index in [-0.39, 0.29) is 0 Å². The molecule has 0 saturated heterocycles. The molecule has 5 nitrogen and oxygen atoms in total. The van der Waals surface area contributed by atoms with Crippen LogP contribution in [0.15, 0.2) is 159 Å². The number of benzene rings is 7. The Morgan fingerprint density at radius 1 is 0.408 bits per heavy atom. The van der Waals surface area contributed by atoms with Crippen LogP contribution in [-0.2, 0) is 0 Å². The van der Waals surface area contributed by atoms with Crippen molar-refractivity contribution in [2.75, 3.05) is 4.90 Å². The highest BCUT2D eigenvalue weighted by molar-refractivity contribution is 7.21. The van der Waals surface area contributed by atoms with Crippen molar-refractivity contribution in [2.45, 2.75) is 0 Å². The third kappa shape index (κ3) is 4.08. The molecule has 4 aromatic heterocycles. The molecule has 11 rings (SSSR count). The second-order valence-corrected chi connectivity index (χ2v) is 13.4. The molecule has 0 amide bonds. The Morgan fingerprint density at radius 3 is 1.61 bits per heavy atom. The molecule has 0 radical (unpaired) electrons. The van der Waals surface area contributed by atoms with Gasteiger partial charge in [-0.2, -0.15) is 0 Å². The molecule has 0 spiro atoms. The SMILES string of the molecule is c1ccc(-c2nc3cc4c(cc3s2)oc2cc(N(c3ccc5oc6ccccc6c5c3)c3ccc5oc6ccccc6c5c3)ccc24)cc1. The first-order valence-electron chi connectivity index (χ1n) is 16.2. The molecule has 0 N–H and O–H groups in total. The molecule has 0 aliphatic rings. The van der Waals surface area contributed by atoms with Crippen molar-refractivity contribution in [1.29, 1.82) is 0 Å². The third-order valence-corrected chi connectivity index (χ3v) is 10.5. The largest absolute Gasteiger partial charge is 0.456 e. The number of furan rings is 3. The molecule has 0 saturated carbocycles. The topological polar surface area (TPSA) is 55.6 Å². The van der Waals surface area contributed by atoms with Gasteiger partial charge in [0.15, 0.2) is 0 Å². The molecule has 0 bridgehead atoms. The van der Waals surface area contributed by atoms with Crippen LogP contribution in [0, 0.1) is 0 Å². The average Bonchev–Trinajstić information content (AvgIpc) is 3.92. The van der Waals surface area contributed by atoms with Crippen LogP contribution in [0.1, 0.15) is 0 Å². The maximum absolute atomic E-state index is 6.59. The van der Waals surface area contributed by atoms with E-state index in [2.05, 4.69) is 108 Å². The van der Waals surface area contributed by atoms with Crippen molar-refractivity contribution in [3.8, 4) is 10.6 Å². The molecule has 6 heteroatoms. The molecule has 0 aliphatic heterocycles. The van der Waals surface area contributed by atoms with E-state index < -0.39 is 0 Å². The molecule has 4 heterocycles. The number of anilines is 3. The standard InChI is InChI=1S/C43H24N2O3S/c1-2-8-25(9-3-1)43-44-35-23-34-31-17-14-28(22-40(31)48-41(34)24-42(35)49-43)45(26-15-18-38-32(20-26)29-10-4-6-12-36(29)46-38)27-16-19-39-33(21-27)30-11-5-7-13-37(30)47-39/h1-24H. The van der Waals surface area contributed by atoms with Gasteiger partial charge in [0.25, 0.3) is 0 Å². The minimum atomic E-state index is 0.822. The van der Waals surface area contributed by atoms with Crippen LogP contribution in [0.25, 0.3) is 86.6 Å². The van der Waals surface area contributed by atoms with Crippen LogP contribution < -0.4 is 4.90 Å². The van der Waals surface area contributed by atoms with Crippen molar-refractivity contribution < 1.29 is 13.3 Å². The van der Waals surface area contributed by atoms with Gasteiger partial charge in [-0.05, 0) is 66.7 Å². The second-order valence-electron chi connectivity index (χ2n) is 12.4. The maximum atomic E-state index is 6.59. The first-order valence-corrected chi connectivity index (χ1v) is 17.0. The second kappa shape index (κ2) is 10.1. The molecule has 0 unspecified atom stereocenters. The van der Waals surface area contributed by atoms with Crippen molar-refractivity contribution in [2.24, 2.45) is 0 Å². The molecule has 0 fully saturated rings. The normalized spacial score (nSPS) is 12.1. The summed E-state index contributed by atoms with van der Waals surface area (Å²) >= 11 is 1.69. The summed E-state index contributed by atoms with van der Waals surface area (Å²) < 4.78 is 20.1. The maximum Gasteiger partial charge on any atom is 0.137 e. The lowest BCUT2D eigenvalue weighted by atomic mass is 10.1. The number of hydrogen-bond donors (Lipinski definition) is 0.